The zero-order valence-corrected chi connectivity index (χ0v) is 18.9. The predicted molar refractivity (Wildman–Crippen MR) is 129 cm³/mol. The molecular weight excluding hydrogens is 427 g/mol. The fraction of sp³-hybridized carbons (Fsp3) is 0.231. The predicted octanol–water partition coefficient (Wildman–Crippen LogP) is 7.11. The van der Waals surface area contributed by atoms with Crippen LogP contribution in [0.1, 0.15) is 22.9 Å². The van der Waals surface area contributed by atoms with E-state index in [-0.39, 0.29) is 6.04 Å². The molecule has 1 aromatic heterocycles. The number of halogens is 2. The molecule has 1 aliphatic rings. The monoisotopic (exact) mass is 450 g/mol. The molecule has 3 nitrogen and oxygen atoms in total. The van der Waals surface area contributed by atoms with E-state index in [2.05, 4.69) is 53.1 Å². The van der Waals surface area contributed by atoms with E-state index in [9.17, 15) is 0 Å². The zero-order chi connectivity index (χ0) is 21.4. The second-order valence-electron chi connectivity index (χ2n) is 8.20. The van der Waals surface area contributed by atoms with Crippen molar-refractivity contribution in [2.75, 3.05) is 24.5 Å². The van der Waals surface area contributed by atoms with Gasteiger partial charge in [0.15, 0.2) is 0 Å². The lowest BCUT2D eigenvalue weighted by Gasteiger charge is -2.43. The Morgan fingerprint density at radius 3 is 2.52 bits per heavy atom. The maximum Gasteiger partial charge on any atom is 0.134 e. The summed E-state index contributed by atoms with van der Waals surface area (Å²) in [6, 6.07) is 25.0. The van der Waals surface area contributed by atoms with Crippen molar-refractivity contribution in [2.45, 2.75) is 19.5 Å². The number of nitrogens with zero attached hydrogens (tertiary/aromatic N) is 2. The van der Waals surface area contributed by atoms with Crippen LogP contribution in [0.3, 0.4) is 0 Å². The van der Waals surface area contributed by atoms with Crippen molar-refractivity contribution in [2.24, 2.45) is 0 Å². The molecule has 31 heavy (non-hydrogen) atoms. The minimum Gasteiger partial charge on any atom is -0.460 e. The van der Waals surface area contributed by atoms with Crippen molar-refractivity contribution in [1.82, 2.24) is 4.90 Å². The van der Waals surface area contributed by atoms with Crippen LogP contribution in [0, 0.1) is 6.92 Å². The summed E-state index contributed by atoms with van der Waals surface area (Å²) < 4.78 is 6.08. The molecule has 1 aliphatic heterocycles. The Balaban J connectivity index is 1.43. The van der Waals surface area contributed by atoms with Gasteiger partial charge in [0.1, 0.15) is 11.3 Å². The maximum absolute atomic E-state index is 6.66. The van der Waals surface area contributed by atoms with Crippen LogP contribution in [0.2, 0.25) is 10.0 Å². The zero-order valence-electron chi connectivity index (χ0n) is 17.4. The second-order valence-corrected chi connectivity index (χ2v) is 9.04. The number of piperazine rings is 1. The van der Waals surface area contributed by atoms with Gasteiger partial charge >= 0.3 is 0 Å². The van der Waals surface area contributed by atoms with Crippen LogP contribution in [0.25, 0.3) is 11.0 Å². The van der Waals surface area contributed by atoms with E-state index >= 15 is 0 Å². The molecule has 4 aromatic rings. The van der Waals surface area contributed by atoms with Crippen molar-refractivity contribution < 1.29 is 4.42 Å². The molecule has 1 saturated heterocycles. The Morgan fingerprint density at radius 1 is 0.935 bits per heavy atom. The van der Waals surface area contributed by atoms with E-state index in [0.29, 0.717) is 0 Å². The molecule has 0 aliphatic carbocycles. The van der Waals surface area contributed by atoms with Crippen LogP contribution >= 0.6 is 23.2 Å². The molecule has 0 N–H and O–H groups in total. The van der Waals surface area contributed by atoms with Gasteiger partial charge in [0.2, 0.25) is 0 Å². The average molecular weight is 451 g/mol. The van der Waals surface area contributed by atoms with Crippen LogP contribution in [-0.2, 0) is 6.54 Å². The van der Waals surface area contributed by atoms with Crippen LogP contribution in [-0.4, -0.2) is 24.5 Å². The number of furan rings is 1. The number of anilines is 1. The average Bonchev–Trinajstić information content (AvgIpc) is 3.17. The molecule has 1 atom stereocenters. The number of rotatable bonds is 4. The van der Waals surface area contributed by atoms with E-state index in [1.54, 1.807) is 0 Å². The molecule has 0 spiro atoms. The van der Waals surface area contributed by atoms with Crippen LogP contribution in [0.5, 0.6) is 0 Å². The highest BCUT2D eigenvalue weighted by Crippen LogP contribution is 2.36. The summed E-state index contributed by atoms with van der Waals surface area (Å²) in [7, 11) is 0. The van der Waals surface area contributed by atoms with Crippen LogP contribution in [0.4, 0.5) is 5.69 Å². The van der Waals surface area contributed by atoms with Gasteiger partial charge in [0.05, 0.1) is 23.3 Å². The van der Waals surface area contributed by atoms with Gasteiger partial charge in [-0.1, -0.05) is 59.6 Å². The molecule has 0 bridgehead atoms. The van der Waals surface area contributed by atoms with Gasteiger partial charge in [0, 0.05) is 30.0 Å². The van der Waals surface area contributed by atoms with Crippen LogP contribution in [0.15, 0.2) is 77.2 Å². The lowest BCUT2D eigenvalue weighted by Crippen LogP contribution is -2.48. The van der Waals surface area contributed by atoms with Gasteiger partial charge in [-0.3, -0.25) is 4.90 Å². The minimum atomic E-state index is 0.176. The number of hydrogen-bond donors (Lipinski definition) is 0. The number of aryl methyl sites for hydroxylation is 1. The quantitative estimate of drug-likeness (QED) is 0.330. The Hall–Kier alpha value is -2.46. The van der Waals surface area contributed by atoms with E-state index in [1.807, 2.05) is 36.4 Å². The summed E-state index contributed by atoms with van der Waals surface area (Å²) in [4.78, 5) is 4.87. The Morgan fingerprint density at radius 2 is 1.74 bits per heavy atom. The molecule has 2 heterocycles. The number of fused-ring (bicyclic) bond motifs is 1. The fourth-order valence-electron chi connectivity index (χ4n) is 4.42. The van der Waals surface area contributed by atoms with E-state index < -0.39 is 0 Å². The van der Waals surface area contributed by atoms with Gasteiger partial charge in [-0.15, -0.1) is 0 Å². The molecule has 0 saturated carbocycles. The van der Waals surface area contributed by atoms with E-state index in [0.717, 1.165) is 58.6 Å². The lowest BCUT2D eigenvalue weighted by atomic mass is 10.0. The summed E-state index contributed by atoms with van der Waals surface area (Å²) >= 11 is 12.8. The van der Waals surface area contributed by atoms with Gasteiger partial charge < -0.3 is 9.32 Å². The highest BCUT2D eigenvalue weighted by Gasteiger charge is 2.30. The number of para-hydroxylation sites is 1. The molecule has 0 amide bonds. The normalized spacial score (nSPS) is 17.4. The summed E-state index contributed by atoms with van der Waals surface area (Å²) in [5.41, 5.74) is 4.42. The van der Waals surface area contributed by atoms with Crippen molar-refractivity contribution in [3.63, 3.8) is 0 Å². The number of hydrogen-bond acceptors (Lipinski definition) is 3. The topological polar surface area (TPSA) is 19.6 Å². The summed E-state index contributed by atoms with van der Waals surface area (Å²) in [6.45, 7) is 5.55. The first-order valence-electron chi connectivity index (χ1n) is 10.5. The molecule has 5 heteroatoms. The first-order chi connectivity index (χ1) is 15.1. The smallest absolute Gasteiger partial charge is 0.134 e. The van der Waals surface area contributed by atoms with Crippen LogP contribution < -0.4 is 4.90 Å². The summed E-state index contributed by atoms with van der Waals surface area (Å²) in [5, 5.41) is 2.69. The number of benzene rings is 3. The third kappa shape index (κ3) is 4.31. The van der Waals surface area contributed by atoms with Crippen molar-refractivity contribution >= 4 is 39.9 Å². The third-order valence-electron chi connectivity index (χ3n) is 5.99. The second kappa shape index (κ2) is 8.58. The minimum absolute atomic E-state index is 0.176. The highest BCUT2D eigenvalue weighted by molar-refractivity contribution is 6.33. The van der Waals surface area contributed by atoms with Crippen molar-refractivity contribution in [3.05, 3.63) is 99.7 Å². The molecule has 1 fully saturated rings. The molecule has 0 radical (unpaired) electrons. The molecule has 1 unspecified atom stereocenters. The molecule has 5 rings (SSSR count). The largest absolute Gasteiger partial charge is 0.460 e. The summed E-state index contributed by atoms with van der Waals surface area (Å²) in [5.74, 6) is 0.998. The Kier molecular flexibility index (Phi) is 5.66. The summed E-state index contributed by atoms with van der Waals surface area (Å²) in [6.07, 6.45) is 0. The lowest BCUT2D eigenvalue weighted by molar-refractivity contribution is 0.202. The third-order valence-corrected chi connectivity index (χ3v) is 6.54. The van der Waals surface area contributed by atoms with Crippen molar-refractivity contribution in [3.8, 4) is 0 Å². The molecular formula is C26H24Cl2N2O. The molecule has 3 aromatic carbocycles. The van der Waals surface area contributed by atoms with Gasteiger partial charge in [0.25, 0.3) is 0 Å². The SMILES string of the molecule is Cc1ccc(N2CCN(Cc3cc4ccccc4o3)CC2c2ccc(Cl)cc2)c(Cl)c1. The van der Waals surface area contributed by atoms with Gasteiger partial charge in [-0.2, -0.15) is 0 Å². The molecule has 158 valence electrons. The fourth-order valence-corrected chi connectivity index (χ4v) is 4.89. The highest BCUT2D eigenvalue weighted by atomic mass is 35.5. The van der Waals surface area contributed by atoms with Crippen molar-refractivity contribution in [1.29, 1.82) is 0 Å². The first kappa shape index (κ1) is 20.4. The standard InChI is InChI=1S/C26H24Cl2N2O/c1-18-6-11-24(23(28)14-18)30-13-12-29(17-25(30)19-7-9-21(27)10-8-19)16-22-15-20-4-2-3-5-26(20)31-22/h2-11,14-15,25H,12-13,16-17H2,1H3. The maximum atomic E-state index is 6.66. The van der Waals surface area contributed by atoms with E-state index in [1.165, 1.54) is 11.1 Å². The first-order valence-corrected chi connectivity index (χ1v) is 11.3. The van der Waals surface area contributed by atoms with Gasteiger partial charge in [-0.05, 0) is 54.4 Å². The van der Waals surface area contributed by atoms with E-state index in [4.69, 9.17) is 27.6 Å². The van der Waals surface area contributed by atoms with Gasteiger partial charge in [-0.25, -0.2) is 0 Å². The Labute approximate surface area is 192 Å². The Bertz CT molecular complexity index is 1170.